The van der Waals surface area contributed by atoms with Crippen LogP contribution in [-0.2, 0) is 12.8 Å². The normalized spacial score (nSPS) is 19.0. The zero-order valence-electron chi connectivity index (χ0n) is 16.9. The van der Waals surface area contributed by atoms with Gasteiger partial charge in [-0.3, -0.25) is 4.68 Å². The Morgan fingerprint density at radius 3 is 2.52 bits per heavy atom. The first-order valence-electron chi connectivity index (χ1n) is 10.1. The Labute approximate surface area is 180 Å². The molecule has 4 rings (SSSR count). The number of halogens is 5. The number of hydrogen-bond acceptors (Lipinski definition) is 6. The molecular formula is C19H23F5N6S. The first-order valence-corrected chi connectivity index (χ1v) is 11.0. The van der Waals surface area contributed by atoms with E-state index in [2.05, 4.69) is 20.4 Å². The Bertz CT molecular complexity index is 917. The van der Waals surface area contributed by atoms with Gasteiger partial charge in [-0.05, 0) is 18.9 Å². The number of nitrogens with zero attached hydrogens (tertiary/aromatic N) is 5. The lowest BCUT2D eigenvalue weighted by Gasteiger charge is -2.33. The minimum absolute atomic E-state index is 0.0652. The summed E-state index contributed by atoms with van der Waals surface area (Å²) in [6.07, 6.45) is -2.76. The van der Waals surface area contributed by atoms with Crippen LogP contribution in [0, 0.1) is 0 Å². The van der Waals surface area contributed by atoms with Crippen molar-refractivity contribution in [3.8, 4) is 0 Å². The molecule has 3 heterocycles. The van der Waals surface area contributed by atoms with E-state index in [1.54, 1.807) is 15.6 Å². The van der Waals surface area contributed by atoms with Crippen molar-refractivity contribution >= 4 is 23.3 Å². The van der Waals surface area contributed by atoms with E-state index in [0.29, 0.717) is 28.2 Å². The Morgan fingerprint density at radius 2 is 1.87 bits per heavy atom. The molecule has 1 saturated carbocycles. The number of aryl methyl sites for hydroxylation is 1. The van der Waals surface area contributed by atoms with Gasteiger partial charge in [0.1, 0.15) is 18.2 Å². The number of pyridine rings is 1. The van der Waals surface area contributed by atoms with E-state index < -0.39 is 18.6 Å². The van der Waals surface area contributed by atoms with Crippen LogP contribution in [0.4, 0.5) is 33.5 Å². The average molecular weight is 462 g/mol. The standard InChI is InChI=1S/C19H23F5N6S/c1-29-16(12-2-3-12)27-17(28-29)31-10-13-8-14(30-6-4-18(20,21)5-7-30)9-15(26-13)25-11-19(22,23)24/h8-9,12H,2-7,10-11H2,1H3,(H,25,26). The highest BCUT2D eigenvalue weighted by molar-refractivity contribution is 7.98. The second-order valence-corrected chi connectivity index (χ2v) is 8.90. The molecule has 2 fully saturated rings. The molecule has 1 N–H and O–H groups in total. The van der Waals surface area contributed by atoms with Gasteiger partial charge < -0.3 is 10.2 Å². The van der Waals surface area contributed by atoms with Gasteiger partial charge in [0.15, 0.2) is 0 Å². The van der Waals surface area contributed by atoms with Crippen molar-refractivity contribution < 1.29 is 22.0 Å². The highest BCUT2D eigenvalue weighted by Gasteiger charge is 2.34. The van der Waals surface area contributed by atoms with E-state index in [0.717, 1.165) is 18.7 Å². The van der Waals surface area contributed by atoms with Crippen LogP contribution in [0.5, 0.6) is 0 Å². The van der Waals surface area contributed by atoms with E-state index in [4.69, 9.17) is 0 Å². The Morgan fingerprint density at radius 1 is 1.16 bits per heavy atom. The molecular weight excluding hydrogens is 439 g/mol. The number of rotatable bonds is 7. The maximum absolute atomic E-state index is 13.5. The lowest BCUT2D eigenvalue weighted by molar-refractivity contribution is -0.115. The molecule has 2 aliphatic rings. The SMILES string of the molecule is Cn1nc(SCc2cc(N3CCC(F)(F)CC3)cc(NCC(F)(F)F)n2)nc1C1CC1. The van der Waals surface area contributed by atoms with Crippen LogP contribution in [0.1, 0.15) is 43.1 Å². The second-order valence-electron chi connectivity index (χ2n) is 7.95. The largest absolute Gasteiger partial charge is 0.405 e. The molecule has 6 nitrogen and oxygen atoms in total. The molecule has 12 heteroatoms. The summed E-state index contributed by atoms with van der Waals surface area (Å²) in [5.41, 5.74) is 1.11. The number of anilines is 2. The molecule has 1 aliphatic heterocycles. The first kappa shape index (κ1) is 22.1. The van der Waals surface area contributed by atoms with E-state index in [1.807, 2.05) is 7.05 Å². The molecule has 1 aliphatic carbocycles. The van der Waals surface area contributed by atoms with Crippen molar-refractivity contribution in [1.29, 1.82) is 0 Å². The molecule has 0 aromatic carbocycles. The zero-order valence-corrected chi connectivity index (χ0v) is 17.7. The van der Waals surface area contributed by atoms with Gasteiger partial charge in [0.05, 0.1) is 5.69 Å². The molecule has 0 amide bonds. The Hall–Kier alpha value is -2.11. The summed E-state index contributed by atoms with van der Waals surface area (Å²) in [4.78, 5) is 10.6. The number of alkyl halides is 5. The topological polar surface area (TPSA) is 58.9 Å². The van der Waals surface area contributed by atoms with Crippen molar-refractivity contribution in [1.82, 2.24) is 19.7 Å². The van der Waals surface area contributed by atoms with Gasteiger partial charge in [0.2, 0.25) is 5.16 Å². The maximum atomic E-state index is 13.5. The summed E-state index contributed by atoms with van der Waals surface area (Å²) in [6.45, 7) is -0.954. The van der Waals surface area contributed by atoms with E-state index in [1.165, 1.54) is 17.8 Å². The van der Waals surface area contributed by atoms with Gasteiger partial charge in [-0.25, -0.2) is 18.7 Å². The minimum atomic E-state index is -4.39. The molecule has 0 unspecified atom stereocenters. The summed E-state index contributed by atoms with van der Waals surface area (Å²) in [5, 5.41) is 7.27. The van der Waals surface area contributed by atoms with Crippen LogP contribution in [0.3, 0.4) is 0 Å². The van der Waals surface area contributed by atoms with Crippen molar-refractivity contribution in [3.05, 3.63) is 23.7 Å². The van der Waals surface area contributed by atoms with Crippen molar-refractivity contribution in [2.24, 2.45) is 7.05 Å². The molecule has 0 radical (unpaired) electrons. The average Bonchev–Trinajstić information content (AvgIpc) is 3.46. The fourth-order valence-corrected chi connectivity index (χ4v) is 4.23. The fraction of sp³-hybridized carbons (Fsp3) is 0.632. The van der Waals surface area contributed by atoms with E-state index in [9.17, 15) is 22.0 Å². The molecule has 2 aromatic heterocycles. The molecule has 0 spiro atoms. The maximum Gasteiger partial charge on any atom is 0.405 e. The summed E-state index contributed by atoms with van der Waals surface area (Å²) >= 11 is 1.35. The molecule has 170 valence electrons. The quantitative estimate of drug-likeness (QED) is 0.480. The van der Waals surface area contributed by atoms with E-state index in [-0.39, 0.29) is 31.7 Å². The third-order valence-electron chi connectivity index (χ3n) is 5.26. The first-order chi connectivity index (χ1) is 14.6. The highest BCUT2D eigenvalue weighted by atomic mass is 32.2. The highest BCUT2D eigenvalue weighted by Crippen LogP contribution is 2.39. The smallest absolute Gasteiger partial charge is 0.371 e. The van der Waals surface area contributed by atoms with Gasteiger partial charge in [-0.1, -0.05) is 11.8 Å². The van der Waals surface area contributed by atoms with Crippen LogP contribution in [0.25, 0.3) is 0 Å². The van der Waals surface area contributed by atoms with Gasteiger partial charge in [-0.15, -0.1) is 5.10 Å². The van der Waals surface area contributed by atoms with Crippen LogP contribution < -0.4 is 10.2 Å². The van der Waals surface area contributed by atoms with Crippen LogP contribution in [0.15, 0.2) is 17.3 Å². The third-order valence-corrected chi connectivity index (χ3v) is 6.13. The minimum Gasteiger partial charge on any atom is -0.371 e. The number of nitrogens with one attached hydrogen (secondary N) is 1. The van der Waals surface area contributed by atoms with Gasteiger partial charge in [0, 0.05) is 56.4 Å². The molecule has 0 bridgehead atoms. The fourth-order valence-electron chi connectivity index (χ4n) is 3.47. The van der Waals surface area contributed by atoms with Crippen molar-refractivity contribution in [3.63, 3.8) is 0 Å². The Kier molecular flexibility index (Phi) is 6.01. The third kappa shape index (κ3) is 5.98. The van der Waals surface area contributed by atoms with Crippen LogP contribution >= 0.6 is 11.8 Å². The number of hydrogen-bond donors (Lipinski definition) is 1. The zero-order chi connectivity index (χ0) is 22.2. The Balaban J connectivity index is 1.50. The lowest BCUT2D eigenvalue weighted by atomic mass is 10.1. The van der Waals surface area contributed by atoms with Crippen LogP contribution in [-0.4, -0.2) is 51.5 Å². The number of thioether (sulfide) groups is 1. The predicted molar refractivity (Wildman–Crippen MR) is 108 cm³/mol. The summed E-state index contributed by atoms with van der Waals surface area (Å²) in [5.74, 6) is -0.902. The molecule has 1 saturated heterocycles. The lowest BCUT2D eigenvalue weighted by Crippen LogP contribution is -2.39. The monoisotopic (exact) mass is 462 g/mol. The summed E-state index contributed by atoms with van der Waals surface area (Å²) < 4.78 is 66.7. The summed E-state index contributed by atoms with van der Waals surface area (Å²) in [6, 6.07) is 3.22. The van der Waals surface area contributed by atoms with Gasteiger partial charge in [0.25, 0.3) is 5.92 Å². The van der Waals surface area contributed by atoms with Crippen molar-refractivity contribution in [2.75, 3.05) is 29.9 Å². The predicted octanol–water partition coefficient (Wildman–Crippen LogP) is 4.59. The van der Waals surface area contributed by atoms with Crippen molar-refractivity contribution in [2.45, 2.75) is 54.6 Å². The number of aromatic nitrogens is 4. The van der Waals surface area contributed by atoms with Gasteiger partial charge in [-0.2, -0.15) is 13.2 Å². The second kappa shape index (κ2) is 8.44. The number of piperidine rings is 1. The van der Waals surface area contributed by atoms with E-state index >= 15 is 0 Å². The van der Waals surface area contributed by atoms with Gasteiger partial charge >= 0.3 is 6.18 Å². The summed E-state index contributed by atoms with van der Waals surface area (Å²) in [7, 11) is 1.84. The molecule has 2 aromatic rings. The molecule has 0 atom stereocenters. The molecule has 31 heavy (non-hydrogen) atoms. The van der Waals surface area contributed by atoms with Crippen LogP contribution in [0.2, 0.25) is 0 Å².